The second-order valence-electron chi connectivity index (χ2n) is 4.70. The van der Waals surface area contributed by atoms with Gasteiger partial charge in [-0.2, -0.15) is 0 Å². The molecule has 1 heterocycles. The fraction of sp³-hybridized carbons (Fsp3) is 0.500. The van der Waals surface area contributed by atoms with Crippen molar-refractivity contribution in [3.63, 3.8) is 0 Å². The van der Waals surface area contributed by atoms with Gasteiger partial charge in [-0.05, 0) is 46.6 Å². The van der Waals surface area contributed by atoms with Crippen molar-refractivity contribution >= 4 is 21.8 Å². The average Bonchev–Trinajstić information content (AvgIpc) is 2.63. The molecule has 3 N–H and O–H groups in total. The Labute approximate surface area is 126 Å². The van der Waals surface area contributed by atoms with Crippen molar-refractivity contribution in [1.29, 1.82) is 0 Å². The maximum atomic E-state index is 10.6. The molecule has 2 rings (SSSR count). The van der Waals surface area contributed by atoms with Crippen LogP contribution < -0.4 is 20.5 Å². The lowest BCUT2D eigenvalue weighted by molar-refractivity contribution is -0.118. The van der Waals surface area contributed by atoms with Gasteiger partial charge >= 0.3 is 0 Å². The predicted molar refractivity (Wildman–Crippen MR) is 79.9 cm³/mol. The van der Waals surface area contributed by atoms with Gasteiger partial charge in [0, 0.05) is 19.4 Å². The molecule has 20 heavy (non-hydrogen) atoms. The Hall–Kier alpha value is -1.27. The zero-order valence-electron chi connectivity index (χ0n) is 11.3. The van der Waals surface area contributed by atoms with Gasteiger partial charge in [-0.1, -0.05) is 0 Å². The van der Waals surface area contributed by atoms with Gasteiger partial charge in [0.05, 0.1) is 17.7 Å². The number of primary amides is 1. The predicted octanol–water partition coefficient (Wildman–Crippen LogP) is 1.97. The average molecular weight is 343 g/mol. The molecule has 1 aromatic carbocycles. The third-order valence-electron chi connectivity index (χ3n) is 2.97. The minimum Gasteiger partial charge on any atom is -0.490 e. The van der Waals surface area contributed by atoms with E-state index in [-0.39, 0.29) is 5.91 Å². The summed E-state index contributed by atoms with van der Waals surface area (Å²) < 4.78 is 12.3. The molecule has 1 aliphatic rings. The number of rotatable bonds is 6. The number of amides is 1. The first kappa shape index (κ1) is 15.1. The van der Waals surface area contributed by atoms with Crippen LogP contribution in [0.4, 0.5) is 0 Å². The van der Waals surface area contributed by atoms with Gasteiger partial charge in [-0.15, -0.1) is 0 Å². The Morgan fingerprint density at radius 3 is 2.95 bits per heavy atom. The largest absolute Gasteiger partial charge is 0.490 e. The van der Waals surface area contributed by atoms with Crippen LogP contribution in [0, 0.1) is 0 Å². The topological polar surface area (TPSA) is 73.6 Å². The van der Waals surface area contributed by atoms with Gasteiger partial charge in [0.15, 0.2) is 11.5 Å². The van der Waals surface area contributed by atoms with Crippen LogP contribution in [0.2, 0.25) is 0 Å². The first-order chi connectivity index (χ1) is 9.66. The van der Waals surface area contributed by atoms with Gasteiger partial charge < -0.3 is 20.5 Å². The van der Waals surface area contributed by atoms with Crippen molar-refractivity contribution in [3.05, 3.63) is 22.2 Å². The van der Waals surface area contributed by atoms with E-state index in [1.807, 2.05) is 12.1 Å². The van der Waals surface area contributed by atoms with Crippen LogP contribution in [-0.4, -0.2) is 25.7 Å². The van der Waals surface area contributed by atoms with Crippen LogP contribution in [0.25, 0.3) is 0 Å². The number of benzene rings is 1. The minimum absolute atomic E-state index is 0.259. The van der Waals surface area contributed by atoms with Crippen LogP contribution in [0.5, 0.6) is 11.5 Å². The third-order valence-corrected chi connectivity index (χ3v) is 3.56. The third kappa shape index (κ3) is 4.38. The monoisotopic (exact) mass is 342 g/mol. The van der Waals surface area contributed by atoms with Crippen molar-refractivity contribution in [2.75, 3.05) is 19.8 Å². The van der Waals surface area contributed by atoms with Crippen molar-refractivity contribution in [2.45, 2.75) is 25.8 Å². The molecular weight excluding hydrogens is 324 g/mol. The normalized spacial score (nSPS) is 13.8. The highest BCUT2D eigenvalue weighted by molar-refractivity contribution is 9.10. The zero-order valence-corrected chi connectivity index (χ0v) is 12.9. The fourth-order valence-corrected chi connectivity index (χ4v) is 2.61. The molecule has 110 valence electrons. The number of nitrogens with two attached hydrogens (primary N) is 1. The Morgan fingerprint density at radius 1 is 1.35 bits per heavy atom. The second-order valence-corrected chi connectivity index (χ2v) is 5.56. The zero-order chi connectivity index (χ0) is 14.4. The summed E-state index contributed by atoms with van der Waals surface area (Å²) >= 11 is 3.52. The number of halogens is 1. The molecule has 1 amide bonds. The summed E-state index contributed by atoms with van der Waals surface area (Å²) in [5, 5.41) is 3.28. The first-order valence-electron chi connectivity index (χ1n) is 6.74. The fourth-order valence-electron chi connectivity index (χ4n) is 2.01. The second kappa shape index (κ2) is 7.50. The molecular formula is C14H19BrN2O3. The molecule has 0 saturated carbocycles. The molecule has 0 unspecified atom stereocenters. The van der Waals surface area contributed by atoms with Crippen molar-refractivity contribution in [3.8, 4) is 11.5 Å². The van der Waals surface area contributed by atoms with Gasteiger partial charge in [-0.25, -0.2) is 0 Å². The molecule has 0 radical (unpaired) electrons. The summed E-state index contributed by atoms with van der Waals surface area (Å²) in [5.41, 5.74) is 6.20. The number of nitrogens with one attached hydrogen (secondary N) is 1. The summed E-state index contributed by atoms with van der Waals surface area (Å²) in [5.74, 6) is 1.30. The Bertz CT molecular complexity index is 480. The summed E-state index contributed by atoms with van der Waals surface area (Å²) in [6, 6.07) is 4.01. The Morgan fingerprint density at radius 2 is 2.15 bits per heavy atom. The standard InChI is InChI=1S/C14H19BrN2O3/c15-11-7-10(9-17-4-1-3-13(16)18)8-12-14(11)20-6-2-5-19-12/h7-8,17H,1-6,9H2,(H2,16,18). The molecule has 0 aliphatic carbocycles. The number of fused-ring (bicyclic) bond motifs is 1. The maximum absolute atomic E-state index is 10.6. The van der Waals surface area contributed by atoms with Crippen LogP contribution in [0.1, 0.15) is 24.8 Å². The van der Waals surface area contributed by atoms with E-state index in [9.17, 15) is 4.79 Å². The molecule has 0 spiro atoms. The lowest BCUT2D eigenvalue weighted by atomic mass is 10.2. The van der Waals surface area contributed by atoms with Gasteiger partial charge in [0.1, 0.15) is 0 Å². The molecule has 0 bridgehead atoms. The maximum Gasteiger partial charge on any atom is 0.217 e. The summed E-state index contributed by atoms with van der Waals surface area (Å²) in [7, 11) is 0. The Kier molecular flexibility index (Phi) is 5.67. The van der Waals surface area contributed by atoms with Crippen LogP contribution in [-0.2, 0) is 11.3 Å². The van der Waals surface area contributed by atoms with Crippen LogP contribution >= 0.6 is 15.9 Å². The van der Waals surface area contributed by atoms with Crippen molar-refractivity contribution < 1.29 is 14.3 Å². The highest BCUT2D eigenvalue weighted by Gasteiger charge is 2.15. The molecule has 0 aromatic heterocycles. The van der Waals surface area contributed by atoms with Gasteiger partial charge in [0.25, 0.3) is 0 Å². The summed E-state index contributed by atoms with van der Waals surface area (Å²) in [6.45, 7) is 2.83. The van der Waals surface area contributed by atoms with E-state index < -0.39 is 0 Å². The molecule has 6 heteroatoms. The highest BCUT2D eigenvalue weighted by atomic mass is 79.9. The van der Waals surface area contributed by atoms with Gasteiger partial charge in [-0.3, -0.25) is 4.79 Å². The lowest BCUT2D eigenvalue weighted by Crippen LogP contribution is -2.18. The first-order valence-corrected chi connectivity index (χ1v) is 7.53. The molecule has 0 atom stereocenters. The summed E-state index contributed by atoms with van der Waals surface area (Å²) in [4.78, 5) is 10.6. The number of ether oxygens (including phenoxy) is 2. The number of carbonyl (C=O) groups is 1. The lowest BCUT2D eigenvalue weighted by Gasteiger charge is -2.12. The highest BCUT2D eigenvalue weighted by Crippen LogP contribution is 2.38. The summed E-state index contributed by atoms with van der Waals surface area (Å²) in [6.07, 6.45) is 2.06. The van der Waals surface area contributed by atoms with E-state index >= 15 is 0 Å². The van der Waals surface area contributed by atoms with Crippen LogP contribution in [0.3, 0.4) is 0 Å². The van der Waals surface area contributed by atoms with E-state index in [1.165, 1.54) is 0 Å². The van der Waals surface area contributed by atoms with E-state index in [2.05, 4.69) is 21.2 Å². The molecule has 1 aromatic rings. The van der Waals surface area contributed by atoms with Crippen molar-refractivity contribution in [2.24, 2.45) is 5.73 Å². The van der Waals surface area contributed by atoms with Gasteiger partial charge in [0.2, 0.25) is 5.91 Å². The minimum atomic E-state index is -0.259. The van der Waals surface area contributed by atoms with E-state index in [0.717, 1.165) is 40.9 Å². The SMILES string of the molecule is NC(=O)CCCNCc1cc(Br)c2c(c1)OCCCO2. The van der Waals surface area contributed by atoms with E-state index in [4.69, 9.17) is 15.2 Å². The molecule has 0 saturated heterocycles. The van der Waals surface area contributed by atoms with Crippen LogP contribution in [0.15, 0.2) is 16.6 Å². The molecule has 0 fully saturated rings. The van der Waals surface area contributed by atoms with E-state index in [1.54, 1.807) is 0 Å². The molecule has 1 aliphatic heterocycles. The smallest absolute Gasteiger partial charge is 0.217 e. The number of hydrogen-bond acceptors (Lipinski definition) is 4. The quantitative estimate of drug-likeness (QED) is 0.775. The Balaban J connectivity index is 1.90. The van der Waals surface area contributed by atoms with E-state index in [0.29, 0.717) is 26.2 Å². The number of carbonyl (C=O) groups excluding carboxylic acids is 1. The van der Waals surface area contributed by atoms with Crippen molar-refractivity contribution in [1.82, 2.24) is 5.32 Å². The molecule has 5 nitrogen and oxygen atoms in total. The number of hydrogen-bond donors (Lipinski definition) is 2.